The van der Waals surface area contributed by atoms with Crippen LogP contribution in [0.3, 0.4) is 0 Å². The molecular weight excluding hydrogens is 346 g/mol. The molecule has 0 unspecified atom stereocenters. The van der Waals surface area contributed by atoms with Crippen LogP contribution in [0.25, 0.3) is 10.4 Å². The molecule has 0 saturated heterocycles. The number of hydrogen-bond donors (Lipinski definition) is 0. The van der Waals surface area contributed by atoms with Gasteiger partial charge >= 0.3 is 11.9 Å². The summed E-state index contributed by atoms with van der Waals surface area (Å²) >= 11 is 0. The summed E-state index contributed by atoms with van der Waals surface area (Å²) in [5.74, 6) is -1.01. The first-order chi connectivity index (χ1) is 13.2. The molecule has 0 amide bonds. The van der Waals surface area contributed by atoms with E-state index in [1.165, 1.54) is 0 Å². The van der Waals surface area contributed by atoms with Crippen LogP contribution >= 0.6 is 0 Å². The highest BCUT2D eigenvalue weighted by molar-refractivity contribution is 5.89. The fourth-order valence-corrected chi connectivity index (χ4v) is 3.09. The quantitative estimate of drug-likeness (QED) is 0.320. The summed E-state index contributed by atoms with van der Waals surface area (Å²) in [6.45, 7) is 0.309. The summed E-state index contributed by atoms with van der Waals surface area (Å²) in [6.07, 6.45) is 0.597. The van der Waals surface area contributed by atoms with E-state index in [-0.39, 0.29) is 31.1 Å². The molecule has 1 saturated carbocycles. The van der Waals surface area contributed by atoms with Gasteiger partial charge in [0.15, 0.2) is 0 Å². The van der Waals surface area contributed by atoms with Crippen LogP contribution in [-0.2, 0) is 9.47 Å². The second-order valence-corrected chi connectivity index (χ2v) is 6.36. The molecule has 2 aromatic rings. The van der Waals surface area contributed by atoms with Crippen molar-refractivity contribution in [3.63, 3.8) is 0 Å². The number of rotatable bonds is 7. The fourth-order valence-electron chi connectivity index (χ4n) is 3.09. The van der Waals surface area contributed by atoms with Gasteiger partial charge in [0.05, 0.1) is 24.3 Å². The van der Waals surface area contributed by atoms with E-state index in [2.05, 4.69) is 10.0 Å². The average Bonchev–Trinajstić information content (AvgIpc) is 2.71. The lowest BCUT2D eigenvalue weighted by Crippen LogP contribution is -2.45. The Bertz CT molecular complexity index is 835. The summed E-state index contributed by atoms with van der Waals surface area (Å²) in [4.78, 5) is 27.0. The first kappa shape index (κ1) is 18.5. The van der Waals surface area contributed by atoms with Gasteiger partial charge in [0, 0.05) is 16.9 Å². The highest BCUT2D eigenvalue weighted by atomic mass is 16.5. The monoisotopic (exact) mass is 365 g/mol. The molecule has 1 aliphatic rings. The summed E-state index contributed by atoms with van der Waals surface area (Å²) in [5.41, 5.74) is 9.64. The zero-order valence-corrected chi connectivity index (χ0v) is 14.6. The topological polar surface area (TPSA) is 101 Å². The predicted octanol–water partition coefficient (Wildman–Crippen LogP) is 4.02. The smallest absolute Gasteiger partial charge is 0.338 e. The Morgan fingerprint density at radius 2 is 1.44 bits per heavy atom. The maximum atomic E-state index is 12.1. The van der Waals surface area contributed by atoms with Gasteiger partial charge in [0.25, 0.3) is 0 Å². The Balaban J connectivity index is 1.54. The Morgan fingerprint density at radius 3 is 1.96 bits per heavy atom. The van der Waals surface area contributed by atoms with E-state index in [4.69, 9.17) is 15.0 Å². The maximum Gasteiger partial charge on any atom is 0.338 e. The van der Waals surface area contributed by atoms with Gasteiger partial charge in [-0.1, -0.05) is 41.5 Å². The molecule has 1 aliphatic carbocycles. The molecule has 0 aromatic heterocycles. The summed E-state index contributed by atoms with van der Waals surface area (Å²) in [7, 11) is 0. The molecule has 0 bridgehead atoms. The molecule has 1 fully saturated rings. The van der Waals surface area contributed by atoms with Crippen molar-refractivity contribution in [3.8, 4) is 0 Å². The number of esters is 2. The Labute approximate surface area is 156 Å². The normalized spacial score (nSPS) is 20.7. The molecule has 2 aromatic carbocycles. The van der Waals surface area contributed by atoms with Crippen molar-refractivity contribution in [1.82, 2.24) is 0 Å². The Kier molecular flexibility index (Phi) is 6.07. The third kappa shape index (κ3) is 4.65. The van der Waals surface area contributed by atoms with E-state index in [9.17, 15) is 9.59 Å². The lowest BCUT2D eigenvalue weighted by molar-refractivity contribution is -0.0129. The minimum Gasteiger partial charge on any atom is -0.462 e. The van der Waals surface area contributed by atoms with Gasteiger partial charge in [-0.2, -0.15) is 0 Å². The second-order valence-electron chi connectivity index (χ2n) is 6.36. The number of benzene rings is 2. The van der Waals surface area contributed by atoms with E-state index in [1.807, 2.05) is 12.1 Å². The van der Waals surface area contributed by atoms with Crippen LogP contribution < -0.4 is 0 Å². The number of nitrogens with zero attached hydrogens (tertiary/aromatic N) is 3. The van der Waals surface area contributed by atoms with Gasteiger partial charge in [-0.05, 0) is 42.1 Å². The lowest BCUT2D eigenvalue weighted by atomic mass is 9.70. The van der Waals surface area contributed by atoms with Crippen molar-refractivity contribution < 1.29 is 19.1 Å². The molecule has 3 atom stereocenters. The first-order valence-corrected chi connectivity index (χ1v) is 8.67. The zero-order chi connectivity index (χ0) is 19.1. The van der Waals surface area contributed by atoms with Crippen molar-refractivity contribution in [3.05, 3.63) is 82.2 Å². The molecule has 0 spiro atoms. The molecule has 138 valence electrons. The number of carbonyl (C=O) groups excluding carboxylic acids is 2. The highest BCUT2D eigenvalue weighted by Crippen LogP contribution is 2.38. The molecule has 0 heterocycles. The van der Waals surface area contributed by atoms with Gasteiger partial charge < -0.3 is 9.47 Å². The van der Waals surface area contributed by atoms with E-state index in [0.717, 1.165) is 0 Å². The number of azide groups is 1. The molecule has 0 N–H and O–H groups in total. The van der Waals surface area contributed by atoms with Crippen LogP contribution in [0.15, 0.2) is 65.8 Å². The predicted molar refractivity (Wildman–Crippen MR) is 98.0 cm³/mol. The van der Waals surface area contributed by atoms with Crippen LogP contribution in [0.4, 0.5) is 0 Å². The van der Waals surface area contributed by atoms with Crippen molar-refractivity contribution in [2.45, 2.75) is 12.5 Å². The molecular formula is C20H19N3O4. The lowest BCUT2D eigenvalue weighted by Gasteiger charge is -2.41. The van der Waals surface area contributed by atoms with Crippen molar-refractivity contribution >= 4 is 11.9 Å². The molecule has 7 nitrogen and oxygen atoms in total. The average molecular weight is 365 g/mol. The molecule has 3 rings (SSSR count). The van der Waals surface area contributed by atoms with Crippen LogP contribution in [0.2, 0.25) is 0 Å². The highest BCUT2D eigenvalue weighted by Gasteiger charge is 2.42. The largest absolute Gasteiger partial charge is 0.462 e. The first-order valence-electron chi connectivity index (χ1n) is 8.67. The second kappa shape index (κ2) is 8.87. The van der Waals surface area contributed by atoms with Crippen LogP contribution in [0.1, 0.15) is 27.1 Å². The van der Waals surface area contributed by atoms with Crippen LogP contribution in [0.5, 0.6) is 0 Å². The van der Waals surface area contributed by atoms with Crippen molar-refractivity contribution in [2.75, 3.05) is 13.2 Å². The number of hydrogen-bond acceptors (Lipinski definition) is 5. The standard InChI is InChI=1S/C20H19N3O4/c21-23-22-18-11-16(12-26-19(24)14-7-3-1-4-8-14)17(18)13-27-20(25)15-9-5-2-6-10-15/h1-10,16-18H,11-13H2/t16-,17-,18+/m1/s1. The van der Waals surface area contributed by atoms with E-state index >= 15 is 0 Å². The number of ether oxygens (including phenoxy) is 2. The fraction of sp³-hybridized carbons (Fsp3) is 0.300. The molecule has 0 aliphatic heterocycles. The molecule has 7 heteroatoms. The Hall–Kier alpha value is -3.31. The SMILES string of the molecule is [N-]=[N+]=N[C@H]1C[C@H](COC(=O)c2ccccc2)[C@H]1COC(=O)c1ccccc1. The third-order valence-electron chi connectivity index (χ3n) is 4.70. The number of carbonyl (C=O) groups is 2. The molecule has 0 radical (unpaired) electrons. The summed E-state index contributed by atoms with van der Waals surface area (Å²) in [5, 5.41) is 3.75. The van der Waals surface area contributed by atoms with Gasteiger partial charge in [-0.3, -0.25) is 0 Å². The van der Waals surface area contributed by atoms with Gasteiger partial charge in [0.1, 0.15) is 0 Å². The van der Waals surface area contributed by atoms with Gasteiger partial charge in [-0.15, -0.1) is 0 Å². The van der Waals surface area contributed by atoms with Gasteiger partial charge in [0.2, 0.25) is 0 Å². The summed E-state index contributed by atoms with van der Waals surface area (Å²) < 4.78 is 10.7. The Morgan fingerprint density at radius 1 is 0.926 bits per heavy atom. The summed E-state index contributed by atoms with van der Waals surface area (Å²) in [6, 6.07) is 17.1. The zero-order valence-electron chi connectivity index (χ0n) is 14.6. The van der Waals surface area contributed by atoms with Crippen molar-refractivity contribution in [1.29, 1.82) is 0 Å². The minimum absolute atomic E-state index is 0.0169. The van der Waals surface area contributed by atoms with Crippen LogP contribution in [0, 0.1) is 11.8 Å². The minimum atomic E-state index is -0.429. The maximum absolute atomic E-state index is 12.1. The molecule has 27 heavy (non-hydrogen) atoms. The van der Waals surface area contributed by atoms with E-state index in [0.29, 0.717) is 17.5 Å². The van der Waals surface area contributed by atoms with Crippen LogP contribution in [-0.4, -0.2) is 31.2 Å². The van der Waals surface area contributed by atoms with E-state index < -0.39 is 11.9 Å². The van der Waals surface area contributed by atoms with E-state index in [1.54, 1.807) is 48.5 Å². The third-order valence-corrected chi connectivity index (χ3v) is 4.70. The van der Waals surface area contributed by atoms with Gasteiger partial charge in [-0.25, -0.2) is 9.59 Å². The van der Waals surface area contributed by atoms with Crippen molar-refractivity contribution in [2.24, 2.45) is 17.0 Å².